The number of esters is 1. The lowest BCUT2D eigenvalue weighted by Gasteiger charge is -2.28. The van der Waals surface area contributed by atoms with Crippen molar-refractivity contribution in [3.05, 3.63) is 106 Å². The SMILES string of the molecule is CCSc1nc2n(n1)C(c1ccc(OCc3cccc(Cl)c3)c(OC)c1)C(C(=O)OCc1ccccc1)=C(C)N2. The molecule has 0 amide bonds. The monoisotopic (exact) mass is 576 g/mol. The fourth-order valence-electron chi connectivity index (χ4n) is 4.46. The zero-order valence-electron chi connectivity index (χ0n) is 22.4. The highest BCUT2D eigenvalue weighted by Gasteiger charge is 2.36. The maximum atomic E-state index is 13.6. The second-order valence-corrected chi connectivity index (χ2v) is 10.7. The average Bonchev–Trinajstić information content (AvgIpc) is 3.36. The Kier molecular flexibility index (Phi) is 8.62. The van der Waals surface area contributed by atoms with Crippen LogP contribution in [-0.4, -0.2) is 33.6 Å². The van der Waals surface area contributed by atoms with Crippen LogP contribution in [0.2, 0.25) is 5.02 Å². The van der Waals surface area contributed by atoms with E-state index in [4.69, 9.17) is 30.9 Å². The highest BCUT2D eigenvalue weighted by atomic mass is 35.5. The standard InChI is InChI=1S/C30H29ClN4O4S/c1-4-40-30-33-29-32-19(2)26(28(36)39-17-20-9-6-5-7-10-20)27(35(29)34-30)22-13-14-24(25(16-22)37-3)38-18-21-11-8-12-23(31)15-21/h5-16,27H,4,17-18H2,1-3H3,(H,32,33,34). The van der Waals surface area contributed by atoms with E-state index >= 15 is 0 Å². The number of allylic oxidation sites excluding steroid dienone is 1. The van der Waals surface area contributed by atoms with E-state index in [1.165, 1.54) is 11.8 Å². The number of aromatic nitrogens is 3. The second kappa shape index (κ2) is 12.5. The molecule has 1 atom stereocenters. The molecule has 0 fully saturated rings. The van der Waals surface area contributed by atoms with Crippen LogP contribution in [0.25, 0.3) is 0 Å². The van der Waals surface area contributed by atoms with Crippen molar-refractivity contribution in [3.8, 4) is 11.5 Å². The Labute approximate surface area is 242 Å². The molecule has 1 aliphatic rings. The number of nitrogens with one attached hydrogen (secondary N) is 1. The summed E-state index contributed by atoms with van der Waals surface area (Å²) in [5.74, 6) is 2.02. The van der Waals surface area contributed by atoms with Crippen LogP contribution in [0.15, 0.2) is 89.2 Å². The minimum atomic E-state index is -0.589. The zero-order valence-corrected chi connectivity index (χ0v) is 24.0. The summed E-state index contributed by atoms with van der Waals surface area (Å²) in [6, 6.07) is 22.1. The Morgan fingerprint density at radius 2 is 1.82 bits per heavy atom. The van der Waals surface area contributed by atoms with Gasteiger partial charge in [0.25, 0.3) is 0 Å². The van der Waals surface area contributed by atoms with Gasteiger partial charge in [-0.25, -0.2) is 9.48 Å². The number of carbonyl (C=O) groups excluding carboxylic acids is 1. The van der Waals surface area contributed by atoms with Crippen LogP contribution < -0.4 is 14.8 Å². The van der Waals surface area contributed by atoms with Gasteiger partial charge in [0.1, 0.15) is 19.3 Å². The molecule has 8 nitrogen and oxygen atoms in total. The van der Waals surface area contributed by atoms with E-state index in [0.717, 1.165) is 22.4 Å². The summed E-state index contributed by atoms with van der Waals surface area (Å²) >= 11 is 7.65. The van der Waals surface area contributed by atoms with Gasteiger partial charge in [0.05, 0.1) is 12.7 Å². The predicted molar refractivity (Wildman–Crippen MR) is 156 cm³/mol. The highest BCUT2D eigenvalue weighted by Crippen LogP contribution is 2.40. The van der Waals surface area contributed by atoms with Gasteiger partial charge in [-0.05, 0) is 53.6 Å². The maximum absolute atomic E-state index is 13.6. The summed E-state index contributed by atoms with van der Waals surface area (Å²) in [5.41, 5.74) is 3.71. The number of fused-ring (bicyclic) bond motifs is 1. The van der Waals surface area contributed by atoms with Gasteiger partial charge in [-0.3, -0.25) is 0 Å². The van der Waals surface area contributed by atoms with E-state index in [-0.39, 0.29) is 6.61 Å². The van der Waals surface area contributed by atoms with Crippen molar-refractivity contribution >= 4 is 35.3 Å². The molecule has 10 heteroatoms. The normalized spacial score (nSPS) is 14.3. The van der Waals surface area contributed by atoms with Crippen LogP contribution in [0.3, 0.4) is 0 Å². The lowest BCUT2D eigenvalue weighted by Crippen LogP contribution is -2.29. The summed E-state index contributed by atoms with van der Waals surface area (Å²) in [6.07, 6.45) is 0. The summed E-state index contributed by atoms with van der Waals surface area (Å²) in [7, 11) is 1.58. The third-order valence-electron chi connectivity index (χ3n) is 6.33. The summed E-state index contributed by atoms with van der Waals surface area (Å²) < 4.78 is 19.3. The summed E-state index contributed by atoms with van der Waals surface area (Å²) in [6.45, 7) is 4.36. The summed E-state index contributed by atoms with van der Waals surface area (Å²) in [5, 5.41) is 9.23. The van der Waals surface area contributed by atoms with Crippen LogP contribution in [0.5, 0.6) is 11.5 Å². The fourth-order valence-corrected chi connectivity index (χ4v) is 5.22. The molecule has 0 saturated heterocycles. The summed E-state index contributed by atoms with van der Waals surface area (Å²) in [4.78, 5) is 18.2. The number of hydrogen-bond acceptors (Lipinski definition) is 8. The minimum absolute atomic E-state index is 0.157. The Bertz CT molecular complexity index is 1540. The number of hydrogen-bond donors (Lipinski definition) is 1. The van der Waals surface area contributed by atoms with E-state index in [1.807, 2.05) is 86.6 Å². The molecule has 40 heavy (non-hydrogen) atoms. The van der Waals surface area contributed by atoms with Crippen molar-refractivity contribution in [2.24, 2.45) is 0 Å². The number of methoxy groups -OCH3 is 1. The number of anilines is 1. The van der Waals surface area contributed by atoms with Gasteiger partial charge in [0, 0.05) is 10.7 Å². The van der Waals surface area contributed by atoms with E-state index in [9.17, 15) is 4.79 Å². The first-order valence-electron chi connectivity index (χ1n) is 12.8. The van der Waals surface area contributed by atoms with Gasteiger partial charge in [-0.15, -0.1) is 5.10 Å². The molecular formula is C30H29ClN4O4S. The van der Waals surface area contributed by atoms with Crippen molar-refractivity contribution in [2.75, 3.05) is 18.2 Å². The van der Waals surface area contributed by atoms with Crippen molar-refractivity contribution in [1.82, 2.24) is 14.8 Å². The van der Waals surface area contributed by atoms with E-state index in [2.05, 4.69) is 10.3 Å². The van der Waals surface area contributed by atoms with Crippen molar-refractivity contribution < 1.29 is 19.0 Å². The maximum Gasteiger partial charge on any atom is 0.338 e. The molecule has 0 spiro atoms. The van der Waals surface area contributed by atoms with Crippen molar-refractivity contribution in [1.29, 1.82) is 0 Å². The van der Waals surface area contributed by atoms with Gasteiger partial charge in [0.15, 0.2) is 11.5 Å². The van der Waals surface area contributed by atoms with Gasteiger partial charge < -0.3 is 19.5 Å². The molecule has 1 aromatic heterocycles. The molecular weight excluding hydrogens is 548 g/mol. The fraction of sp³-hybridized carbons (Fsp3) is 0.233. The number of benzene rings is 3. The third-order valence-corrected chi connectivity index (χ3v) is 7.28. The van der Waals surface area contributed by atoms with E-state index < -0.39 is 12.0 Å². The van der Waals surface area contributed by atoms with E-state index in [1.54, 1.807) is 11.8 Å². The van der Waals surface area contributed by atoms with Crippen LogP contribution >= 0.6 is 23.4 Å². The molecule has 0 saturated carbocycles. The Hall–Kier alpha value is -3.95. The van der Waals surface area contributed by atoms with Crippen LogP contribution in [0.1, 0.15) is 36.6 Å². The Morgan fingerprint density at radius 1 is 1.02 bits per heavy atom. The number of thioether (sulfide) groups is 1. The van der Waals surface area contributed by atoms with Gasteiger partial charge in [-0.2, -0.15) is 4.98 Å². The molecule has 0 radical (unpaired) electrons. The lowest BCUT2D eigenvalue weighted by atomic mass is 9.95. The number of halogens is 1. The molecule has 4 aromatic rings. The van der Waals surface area contributed by atoms with Gasteiger partial charge in [0.2, 0.25) is 11.1 Å². The first-order valence-corrected chi connectivity index (χ1v) is 14.2. The molecule has 0 aliphatic carbocycles. The molecule has 1 N–H and O–H groups in total. The van der Waals surface area contributed by atoms with Crippen molar-refractivity contribution in [3.63, 3.8) is 0 Å². The van der Waals surface area contributed by atoms with Crippen LogP contribution in [0, 0.1) is 0 Å². The molecule has 5 rings (SSSR count). The third kappa shape index (κ3) is 6.11. The lowest BCUT2D eigenvalue weighted by molar-refractivity contribution is -0.140. The van der Waals surface area contributed by atoms with Crippen LogP contribution in [0.4, 0.5) is 5.95 Å². The first kappa shape index (κ1) is 27.6. The first-order chi connectivity index (χ1) is 19.5. The highest BCUT2D eigenvalue weighted by molar-refractivity contribution is 7.99. The molecule has 1 aliphatic heterocycles. The molecule has 2 heterocycles. The van der Waals surface area contributed by atoms with Crippen molar-refractivity contribution in [2.45, 2.75) is 38.3 Å². The largest absolute Gasteiger partial charge is 0.493 e. The second-order valence-electron chi connectivity index (χ2n) is 9.05. The molecule has 206 valence electrons. The Balaban J connectivity index is 1.48. The zero-order chi connectivity index (χ0) is 28.1. The quantitative estimate of drug-likeness (QED) is 0.166. The number of ether oxygens (including phenoxy) is 3. The van der Waals surface area contributed by atoms with Crippen LogP contribution in [-0.2, 0) is 22.7 Å². The average molecular weight is 577 g/mol. The molecule has 1 unspecified atom stereocenters. The predicted octanol–water partition coefficient (Wildman–Crippen LogP) is 6.66. The van der Waals surface area contributed by atoms with E-state index in [0.29, 0.717) is 45.5 Å². The Morgan fingerprint density at radius 3 is 2.58 bits per heavy atom. The van der Waals surface area contributed by atoms with Gasteiger partial charge >= 0.3 is 5.97 Å². The molecule has 3 aromatic carbocycles. The number of rotatable bonds is 10. The topological polar surface area (TPSA) is 87.5 Å². The van der Waals surface area contributed by atoms with Gasteiger partial charge in [-0.1, -0.05) is 78.8 Å². The smallest absolute Gasteiger partial charge is 0.338 e. The minimum Gasteiger partial charge on any atom is -0.493 e. The number of carbonyl (C=O) groups is 1. The molecule has 0 bridgehead atoms. The number of nitrogens with zero attached hydrogens (tertiary/aromatic N) is 3.